The summed E-state index contributed by atoms with van der Waals surface area (Å²) in [6, 6.07) is 16.4. The molecule has 0 atom stereocenters. The molecule has 0 aliphatic heterocycles. The first-order chi connectivity index (χ1) is 14.7. The smallest absolute Gasteiger partial charge is 0.152 e. The van der Waals surface area contributed by atoms with Crippen LogP contribution >= 0.6 is 0 Å². The second kappa shape index (κ2) is 9.14. The Balaban J connectivity index is 1.69. The van der Waals surface area contributed by atoms with Crippen LogP contribution < -0.4 is 5.32 Å². The van der Waals surface area contributed by atoms with Crippen molar-refractivity contribution in [2.45, 2.75) is 12.8 Å². The van der Waals surface area contributed by atoms with Gasteiger partial charge in [-0.05, 0) is 54.0 Å². The molecule has 1 aliphatic rings. The lowest BCUT2D eigenvalue weighted by molar-refractivity contribution is 0.628. The lowest BCUT2D eigenvalue weighted by Gasteiger charge is -2.13. The average molecular weight is 395 g/mol. The van der Waals surface area contributed by atoms with Crippen LogP contribution in [0.3, 0.4) is 0 Å². The van der Waals surface area contributed by atoms with Gasteiger partial charge in [-0.1, -0.05) is 55.1 Å². The number of halogens is 1. The van der Waals surface area contributed by atoms with E-state index in [0.717, 1.165) is 28.9 Å². The molecule has 0 unspecified atom stereocenters. The summed E-state index contributed by atoms with van der Waals surface area (Å²) < 4.78 is 13.3. The van der Waals surface area contributed by atoms with E-state index < -0.39 is 0 Å². The molecule has 1 heterocycles. The van der Waals surface area contributed by atoms with Crippen LogP contribution in [0, 0.1) is 5.82 Å². The second-order valence-corrected chi connectivity index (χ2v) is 7.02. The SMILES string of the molecule is C=C/C(=C/C1=CC=CC1)Nc1ncc(-c2ccc(F)cc2)nc1Cc1ccccc1. The molecule has 0 radical (unpaired) electrons. The van der Waals surface area contributed by atoms with E-state index in [9.17, 15) is 4.39 Å². The zero-order chi connectivity index (χ0) is 20.8. The van der Waals surface area contributed by atoms with Gasteiger partial charge in [-0.3, -0.25) is 0 Å². The lowest BCUT2D eigenvalue weighted by Crippen LogP contribution is -2.07. The van der Waals surface area contributed by atoms with Crippen LogP contribution in [0.15, 0.2) is 109 Å². The molecule has 0 saturated carbocycles. The van der Waals surface area contributed by atoms with Crippen molar-refractivity contribution in [2.75, 3.05) is 5.32 Å². The van der Waals surface area contributed by atoms with Gasteiger partial charge in [0.15, 0.2) is 5.82 Å². The molecule has 2 aromatic carbocycles. The van der Waals surface area contributed by atoms with Crippen molar-refractivity contribution >= 4 is 5.82 Å². The molecule has 148 valence electrons. The van der Waals surface area contributed by atoms with E-state index in [4.69, 9.17) is 4.98 Å². The Morgan fingerprint density at radius 3 is 2.60 bits per heavy atom. The Labute approximate surface area is 176 Å². The van der Waals surface area contributed by atoms with Crippen molar-refractivity contribution < 1.29 is 4.39 Å². The zero-order valence-corrected chi connectivity index (χ0v) is 16.6. The van der Waals surface area contributed by atoms with E-state index in [0.29, 0.717) is 17.9 Å². The van der Waals surface area contributed by atoms with E-state index >= 15 is 0 Å². The number of rotatable bonds is 7. The highest BCUT2D eigenvalue weighted by atomic mass is 19.1. The van der Waals surface area contributed by atoms with Crippen LogP contribution in [-0.2, 0) is 6.42 Å². The van der Waals surface area contributed by atoms with Gasteiger partial charge in [-0.25, -0.2) is 14.4 Å². The first-order valence-electron chi connectivity index (χ1n) is 9.84. The number of benzene rings is 2. The summed E-state index contributed by atoms with van der Waals surface area (Å²) in [5.41, 5.74) is 5.55. The zero-order valence-electron chi connectivity index (χ0n) is 16.6. The Morgan fingerprint density at radius 2 is 1.90 bits per heavy atom. The summed E-state index contributed by atoms with van der Waals surface area (Å²) in [5.74, 6) is 0.411. The maximum absolute atomic E-state index is 13.3. The number of hydrogen-bond donors (Lipinski definition) is 1. The summed E-state index contributed by atoms with van der Waals surface area (Å²) in [5, 5.41) is 3.37. The molecule has 0 amide bonds. The standard InChI is InChI=1S/C26H22FN3/c1-2-23(16-19-10-6-7-11-19)29-26-24(17-20-8-4-3-5-9-20)30-25(18-28-26)21-12-14-22(27)15-13-21/h2-10,12-16,18H,1,11,17H2,(H,28,29)/b23-16-. The summed E-state index contributed by atoms with van der Waals surface area (Å²) in [7, 11) is 0. The Hall–Kier alpha value is -3.79. The third-order valence-electron chi connectivity index (χ3n) is 4.82. The first-order valence-corrected chi connectivity index (χ1v) is 9.84. The number of anilines is 1. The van der Waals surface area contributed by atoms with Gasteiger partial charge in [0.1, 0.15) is 5.82 Å². The number of nitrogens with zero attached hydrogens (tertiary/aromatic N) is 2. The van der Waals surface area contributed by atoms with Gasteiger partial charge in [0.05, 0.1) is 17.6 Å². The molecule has 1 aliphatic carbocycles. The van der Waals surface area contributed by atoms with Crippen LogP contribution in [0.4, 0.5) is 10.2 Å². The second-order valence-electron chi connectivity index (χ2n) is 7.02. The number of aromatic nitrogens is 2. The van der Waals surface area contributed by atoms with E-state index in [1.54, 1.807) is 24.4 Å². The van der Waals surface area contributed by atoms with Gasteiger partial charge >= 0.3 is 0 Å². The number of allylic oxidation sites excluding steroid dienone is 6. The van der Waals surface area contributed by atoms with E-state index in [1.165, 1.54) is 17.7 Å². The molecule has 1 N–H and O–H groups in total. The van der Waals surface area contributed by atoms with Gasteiger partial charge < -0.3 is 5.32 Å². The quantitative estimate of drug-likeness (QED) is 0.481. The van der Waals surface area contributed by atoms with Crippen molar-refractivity contribution in [3.05, 3.63) is 126 Å². The third kappa shape index (κ3) is 4.78. The summed E-state index contributed by atoms with van der Waals surface area (Å²) in [6.07, 6.45) is 13.3. The van der Waals surface area contributed by atoms with E-state index in [2.05, 4.69) is 47.2 Å². The molecule has 4 heteroatoms. The van der Waals surface area contributed by atoms with Crippen LogP contribution in [0.1, 0.15) is 17.7 Å². The maximum atomic E-state index is 13.3. The largest absolute Gasteiger partial charge is 0.339 e. The van der Waals surface area contributed by atoms with Crippen LogP contribution in [-0.4, -0.2) is 9.97 Å². The van der Waals surface area contributed by atoms with Crippen LogP contribution in [0.25, 0.3) is 11.3 Å². The Kier molecular flexibility index (Phi) is 5.95. The van der Waals surface area contributed by atoms with Crippen LogP contribution in [0.2, 0.25) is 0 Å². The highest BCUT2D eigenvalue weighted by Gasteiger charge is 2.11. The van der Waals surface area contributed by atoms with Crippen molar-refractivity contribution in [3.63, 3.8) is 0 Å². The van der Waals surface area contributed by atoms with Gasteiger partial charge in [0.25, 0.3) is 0 Å². The molecule has 0 fully saturated rings. The van der Waals surface area contributed by atoms with Gasteiger partial charge in [-0.2, -0.15) is 0 Å². The monoisotopic (exact) mass is 395 g/mol. The van der Waals surface area contributed by atoms with Crippen molar-refractivity contribution in [1.29, 1.82) is 0 Å². The predicted octanol–water partition coefficient (Wildman–Crippen LogP) is 6.24. The number of nitrogens with one attached hydrogen (secondary N) is 1. The fourth-order valence-electron chi connectivity index (χ4n) is 3.26. The molecule has 0 spiro atoms. The fourth-order valence-corrected chi connectivity index (χ4v) is 3.26. The molecule has 30 heavy (non-hydrogen) atoms. The minimum absolute atomic E-state index is 0.272. The average Bonchev–Trinajstić information content (AvgIpc) is 3.29. The molecule has 4 rings (SSSR count). The minimum Gasteiger partial charge on any atom is -0.339 e. The van der Waals surface area contributed by atoms with Crippen LogP contribution in [0.5, 0.6) is 0 Å². The van der Waals surface area contributed by atoms with E-state index in [-0.39, 0.29) is 5.82 Å². The van der Waals surface area contributed by atoms with Gasteiger partial charge in [-0.15, -0.1) is 0 Å². The fraction of sp³-hybridized carbons (Fsp3) is 0.0769. The molecule has 3 nitrogen and oxygen atoms in total. The maximum Gasteiger partial charge on any atom is 0.152 e. The molecular weight excluding hydrogens is 373 g/mol. The summed E-state index contributed by atoms with van der Waals surface area (Å²) in [6.45, 7) is 3.92. The summed E-state index contributed by atoms with van der Waals surface area (Å²) >= 11 is 0. The minimum atomic E-state index is -0.272. The first kappa shape index (κ1) is 19.5. The Bertz CT molecular complexity index is 1130. The van der Waals surface area contributed by atoms with Gasteiger partial charge in [0.2, 0.25) is 0 Å². The number of hydrogen-bond acceptors (Lipinski definition) is 3. The highest BCUT2D eigenvalue weighted by molar-refractivity contribution is 5.61. The molecule has 0 saturated heterocycles. The summed E-state index contributed by atoms with van der Waals surface area (Å²) in [4.78, 5) is 9.50. The topological polar surface area (TPSA) is 37.8 Å². The molecule has 3 aromatic rings. The molecular formula is C26H22FN3. The Morgan fingerprint density at radius 1 is 1.10 bits per heavy atom. The normalized spacial score (nSPS) is 13.2. The molecule has 0 bridgehead atoms. The van der Waals surface area contributed by atoms with Crippen molar-refractivity contribution in [2.24, 2.45) is 0 Å². The van der Waals surface area contributed by atoms with Crippen molar-refractivity contribution in [1.82, 2.24) is 9.97 Å². The van der Waals surface area contributed by atoms with Crippen molar-refractivity contribution in [3.8, 4) is 11.3 Å². The lowest BCUT2D eigenvalue weighted by atomic mass is 10.1. The highest BCUT2D eigenvalue weighted by Crippen LogP contribution is 2.24. The third-order valence-corrected chi connectivity index (χ3v) is 4.82. The van der Waals surface area contributed by atoms with E-state index in [1.807, 2.05) is 24.3 Å². The predicted molar refractivity (Wildman–Crippen MR) is 120 cm³/mol. The molecule has 1 aromatic heterocycles. The van der Waals surface area contributed by atoms with Gasteiger partial charge in [0, 0.05) is 17.7 Å².